The van der Waals surface area contributed by atoms with Crippen molar-refractivity contribution in [3.05, 3.63) is 70.0 Å². The topological polar surface area (TPSA) is 12.0 Å². The van der Waals surface area contributed by atoms with Crippen LogP contribution >= 0.6 is 11.6 Å². The summed E-state index contributed by atoms with van der Waals surface area (Å²) in [5.74, 6) is 0.352. The van der Waals surface area contributed by atoms with Gasteiger partial charge in [-0.25, -0.2) is 4.39 Å². The van der Waals surface area contributed by atoms with Crippen LogP contribution in [-0.2, 0) is 0 Å². The van der Waals surface area contributed by atoms with Crippen LogP contribution in [0.25, 0.3) is 0 Å². The van der Waals surface area contributed by atoms with Crippen LogP contribution in [0.2, 0.25) is 5.02 Å². The summed E-state index contributed by atoms with van der Waals surface area (Å²) in [4.78, 5) is 0. The zero-order chi connectivity index (χ0) is 14.8. The molecule has 0 spiro atoms. The second kappa shape index (κ2) is 6.17. The molecule has 1 unspecified atom stereocenters. The highest BCUT2D eigenvalue weighted by Gasteiger charge is 2.21. The Balaban J connectivity index is 1.90. The first-order valence-corrected chi connectivity index (χ1v) is 7.79. The fourth-order valence-electron chi connectivity index (χ4n) is 2.95. The van der Waals surface area contributed by atoms with Gasteiger partial charge in [0.15, 0.2) is 0 Å². The van der Waals surface area contributed by atoms with Crippen molar-refractivity contribution in [1.82, 2.24) is 5.32 Å². The first-order valence-electron chi connectivity index (χ1n) is 7.41. The third-order valence-corrected chi connectivity index (χ3v) is 4.83. The lowest BCUT2D eigenvalue weighted by molar-refractivity contribution is 0.419. The van der Waals surface area contributed by atoms with Crippen LogP contribution in [0.15, 0.2) is 42.5 Å². The predicted octanol–water partition coefficient (Wildman–Crippen LogP) is 5.06. The van der Waals surface area contributed by atoms with Gasteiger partial charge in [0.05, 0.1) is 11.1 Å². The zero-order valence-corrected chi connectivity index (χ0v) is 12.8. The molecule has 3 rings (SSSR count). The molecule has 0 bridgehead atoms. The Labute approximate surface area is 130 Å². The Morgan fingerprint density at radius 3 is 2.43 bits per heavy atom. The molecule has 0 aromatic heterocycles. The molecule has 1 atom stereocenters. The summed E-state index contributed by atoms with van der Waals surface area (Å²) in [5, 5.41) is 3.42. The fraction of sp³-hybridized carbons (Fsp3) is 0.333. The smallest absolute Gasteiger partial charge is 0.142 e. The van der Waals surface area contributed by atoms with Crippen LogP contribution in [0.5, 0.6) is 0 Å². The number of halogens is 2. The van der Waals surface area contributed by atoms with Gasteiger partial charge in [0.1, 0.15) is 5.82 Å². The summed E-state index contributed by atoms with van der Waals surface area (Å²) in [5.41, 5.74) is 3.29. The highest BCUT2D eigenvalue weighted by atomic mass is 35.5. The van der Waals surface area contributed by atoms with Crippen molar-refractivity contribution in [3.8, 4) is 0 Å². The van der Waals surface area contributed by atoms with Gasteiger partial charge in [0, 0.05) is 0 Å². The monoisotopic (exact) mass is 303 g/mol. The van der Waals surface area contributed by atoms with E-state index in [4.69, 9.17) is 11.6 Å². The molecule has 2 aromatic carbocycles. The first kappa shape index (κ1) is 14.6. The van der Waals surface area contributed by atoms with E-state index in [2.05, 4.69) is 29.6 Å². The van der Waals surface area contributed by atoms with Crippen LogP contribution < -0.4 is 5.32 Å². The average molecular weight is 304 g/mol. The lowest BCUT2D eigenvalue weighted by Crippen LogP contribution is -2.18. The van der Waals surface area contributed by atoms with Gasteiger partial charge in [-0.2, -0.15) is 0 Å². The Morgan fingerprint density at radius 1 is 1.14 bits per heavy atom. The van der Waals surface area contributed by atoms with Crippen molar-refractivity contribution >= 4 is 11.6 Å². The van der Waals surface area contributed by atoms with Gasteiger partial charge >= 0.3 is 0 Å². The van der Waals surface area contributed by atoms with Crippen molar-refractivity contribution in [2.75, 3.05) is 7.05 Å². The first-order chi connectivity index (χ1) is 10.2. The van der Waals surface area contributed by atoms with Crippen LogP contribution in [0.4, 0.5) is 4.39 Å². The minimum Gasteiger partial charge on any atom is -0.309 e. The van der Waals surface area contributed by atoms with E-state index in [-0.39, 0.29) is 16.9 Å². The van der Waals surface area contributed by atoms with Gasteiger partial charge < -0.3 is 5.32 Å². The lowest BCUT2D eigenvalue weighted by atomic mass is 9.79. The number of hydrogen-bond donors (Lipinski definition) is 1. The highest BCUT2D eigenvalue weighted by Crippen LogP contribution is 2.37. The zero-order valence-electron chi connectivity index (χ0n) is 12.1. The molecular formula is C18H19ClFN. The molecule has 1 fully saturated rings. The third-order valence-electron chi connectivity index (χ3n) is 4.43. The van der Waals surface area contributed by atoms with E-state index < -0.39 is 0 Å². The van der Waals surface area contributed by atoms with Gasteiger partial charge in [0.25, 0.3) is 0 Å². The molecule has 1 aliphatic rings. The second-order valence-electron chi connectivity index (χ2n) is 5.66. The third kappa shape index (κ3) is 2.83. The Morgan fingerprint density at radius 2 is 1.86 bits per heavy atom. The van der Waals surface area contributed by atoms with E-state index in [1.54, 1.807) is 6.07 Å². The van der Waals surface area contributed by atoms with Gasteiger partial charge in [-0.3, -0.25) is 0 Å². The van der Waals surface area contributed by atoms with E-state index in [1.807, 2.05) is 13.1 Å². The van der Waals surface area contributed by atoms with Crippen molar-refractivity contribution < 1.29 is 4.39 Å². The number of hydrogen-bond acceptors (Lipinski definition) is 1. The Bertz CT molecular complexity index is 620. The Kier molecular flexibility index (Phi) is 4.27. The Hall–Kier alpha value is -1.38. The normalized spacial score (nSPS) is 16.5. The number of rotatable bonds is 4. The second-order valence-corrected chi connectivity index (χ2v) is 6.04. The molecule has 2 aromatic rings. The molecule has 1 aliphatic carbocycles. The molecule has 0 saturated heterocycles. The summed E-state index contributed by atoms with van der Waals surface area (Å²) in [6.45, 7) is 0. The molecule has 1 N–H and O–H groups in total. The molecule has 0 heterocycles. The molecule has 1 saturated carbocycles. The number of benzene rings is 2. The minimum absolute atomic E-state index is 0.0939. The average Bonchev–Trinajstić information content (AvgIpc) is 2.44. The standard InChI is InChI=1S/C18H19ClFN/c1-21-18(15-6-3-7-16(20)17(15)19)14-10-8-13(9-11-14)12-4-2-5-12/h3,6-12,18,21H,2,4-5H2,1H3. The van der Waals surface area contributed by atoms with Crippen molar-refractivity contribution in [2.45, 2.75) is 31.2 Å². The maximum Gasteiger partial charge on any atom is 0.142 e. The SMILES string of the molecule is CNC(c1ccc(C2CCC2)cc1)c1cccc(F)c1Cl. The van der Waals surface area contributed by atoms with E-state index in [0.29, 0.717) is 0 Å². The maximum atomic E-state index is 13.7. The van der Waals surface area contributed by atoms with Crippen LogP contribution in [-0.4, -0.2) is 7.05 Å². The number of nitrogens with one attached hydrogen (secondary N) is 1. The lowest BCUT2D eigenvalue weighted by Gasteiger charge is -2.26. The van der Waals surface area contributed by atoms with Crippen molar-refractivity contribution in [2.24, 2.45) is 0 Å². The molecule has 0 aliphatic heterocycles. The summed E-state index contributed by atoms with van der Waals surface area (Å²) in [7, 11) is 1.87. The summed E-state index contributed by atoms with van der Waals surface area (Å²) >= 11 is 6.11. The summed E-state index contributed by atoms with van der Waals surface area (Å²) in [6.07, 6.45) is 3.93. The molecule has 110 valence electrons. The molecule has 3 heteroatoms. The minimum atomic E-state index is -0.375. The molecular weight excluding hydrogens is 285 g/mol. The molecule has 0 amide bonds. The van der Waals surface area contributed by atoms with Crippen LogP contribution in [0.3, 0.4) is 0 Å². The summed E-state index contributed by atoms with van der Waals surface area (Å²) in [6, 6.07) is 13.5. The van der Waals surface area contributed by atoms with Crippen molar-refractivity contribution in [1.29, 1.82) is 0 Å². The van der Waals surface area contributed by atoms with Crippen molar-refractivity contribution in [3.63, 3.8) is 0 Å². The largest absolute Gasteiger partial charge is 0.309 e. The van der Waals surface area contributed by atoms with Gasteiger partial charge in [0.2, 0.25) is 0 Å². The molecule has 0 radical (unpaired) electrons. The maximum absolute atomic E-state index is 13.7. The highest BCUT2D eigenvalue weighted by molar-refractivity contribution is 6.31. The van der Waals surface area contributed by atoms with E-state index in [1.165, 1.54) is 30.9 Å². The fourth-order valence-corrected chi connectivity index (χ4v) is 3.18. The van der Waals surface area contributed by atoms with E-state index in [0.717, 1.165) is 17.0 Å². The molecule has 21 heavy (non-hydrogen) atoms. The summed E-state index contributed by atoms with van der Waals surface area (Å²) < 4.78 is 13.7. The predicted molar refractivity (Wildman–Crippen MR) is 85.3 cm³/mol. The van der Waals surface area contributed by atoms with Gasteiger partial charge in [-0.15, -0.1) is 0 Å². The van der Waals surface area contributed by atoms with Crippen LogP contribution in [0.1, 0.15) is 47.9 Å². The quantitative estimate of drug-likeness (QED) is 0.833. The van der Waals surface area contributed by atoms with Gasteiger partial charge in [-0.05, 0) is 48.6 Å². The van der Waals surface area contributed by atoms with E-state index in [9.17, 15) is 4.39 Å². The van der Waals surface area contributed by atoms with E-state index >= 15 is 0 Å². The van der Waals surface area contributed by atoms with Gasteiger partial charge in [-0.1, -0.05) is 54.4 Å². The molecule has 1 nitrogen and oxygen atoms in total. The van der Waals surface area contributed by atoms with Crippen LogP contribution in [0, 0.1) is 5.82 Å².